The molecule has 13 heteroatoms. The number of carbonyl (C=O) groups excluding carboxylic acids is 1. The third-order valence-electron chi connectivity index (χ3n) is 6.53. The van der Waals surface area contributed by atoms with Gasteiger partial charge in [0.1, 0.15) is 17.3 Å². The highest BCUT2D eigenvalue weighted by molar-refractivity contribution is 5.79. The van der Waals surface area contributed by atoms with E-state index in [0.717, 1.165) is 6.20 Å². The molecule has 0 N–H and O–H groups in total. The van der Waals surface area contributed by atoms with Gasteiger partial charge < -0.3 is 9.32 Å². The molecule has 39 heavy (non-hydrogen) atoms. The highest BCUT2D eigenvalue weighted by Crippen LogP contribution is 2.36. The van der Waals surface area contributed by atoms with Gasteiger partial charge in [-0.1, -0.05) is 18.2 Å². The van der Waals surface area contributed by atoms with Crippen molar-refractivity contribution in [3.8, 4) is 23.0 Å². The molecule has 1 amide bonds. The molecule has 4 aromatic rings. The maximum atomic E-state index is 14.0. The third-order valence-corrected chi connectivity index (χ3v) is 6.53. The number of amides is 1. The van der Waals surface area contributed by atoms with Gasteiger partial charge in [0.25, 0.3) is 11.8 Å². The van der Waals surface area contributed by atoms with E-state index < -0.39 is 17.8 Å². The number of aromatic nitrogens is 6. The second kappa shape index (κ2) is 10.5. The van der Waals surface area contributed by atoms with E-state index in [2.05, 4.69) is 30.1 Å². The fourth-order valence-corrected chi connectivity index (χ4v) is 4.66. The Kier molecular flexibility index (Phi) is 7.06. The van der Waals surface area contributed by atoms with E-state index in [0.29, 0.717) is 54.3 Å². The lowest BCUT2D eigenvalue weighted by molar-refractivity contribution is -0.144. The van der Waals surface area contributed by atoms with Crippen LogP contribution in [0.3, 0.4) is 0 Å². The second-order valence-electron chi connectivity index (χ2n) is 9.22. The van der Waals surface area contributed by atoms with Crippen molar-refractivity contribution in [1.29, 1.82) is 0 Å². The van der Waals surface area contributed by atoms with Crippen molar-refractivity contribution < 1.29 is 26.8 Å². The molecule has 1 fully saturated rings. The first-order valence-corrected chi connectivity index (χ1v) is 12.2. The molecule has 0 unspecified atom stereocenters. The number of nitrogens with zero attached hydrogens (tertiary/aromatic N) is 7. The number of benzene rings is 1. The molecular weight excluding hydrogens is 518 g/mol. The summed E-state index contributed by atoms with van der Waals surface area (Å²) in [5.74, 6) is -1.54. The maximum Gasteiger partial charge on any atom is 0.451 e. The lowest BCUT2D eigenvalue weighted by Gasteiger charge is -2.32. The summed E-state index contributed by atoms with van der Waals surface area (Å²) in [6, 6.07) is 7.46. The molecule has 9 nitrogen and oxygen atoms in total. The summed E-state index contributed by atoms with van der Waals surface area (Å²) in [5, 5.41) is 7.97. The quantitative estimate of drug-likeness (QED) is 0.334. The average Bonchev–Trinajstić information content (AvgIpc) is 3.39. The Balaban J connectivity index is 1.37. The largest absolute Gasteiger partial charge is 0.451 e. The zero-order valence-corrected chi connectivity index (χ0v) is 21.0. The molecule has 5 rings (SSSR count). The van der Waals surface area contributed by atoms with E-state index in [9.17, 15) is 22.4 Å². The van der Waals surface area contributed by atoms with E-state index in [4.69, 9.17) is 4.42 Å². The molecule has 1 saturated heterocycles. The zero-order valence-electron chi connectivity index (χ0n) is 21.0. The van der Waals surface area contributed by atoms with Gasteiger partial charge in [-0.15, -0.1) is 10.2 Å². The molecule has 1 aromatic carbocycles. The molecule has 0 aliphatic carbocycles. The second-order valence-corrected chi connectivity index (χ2v) is 9.22. The van der Waals surface area contributed by atoms with Crippen molar-refractivity contribution in [1.82, 2.24) is 35.0 Å². The highest BCUT2D eigenvalue weighted by Gasteiger charge is 2.35. The summed E-state index contributed by atoms with van der Waals surface area (Å²) in [7, 11) is 0. The average molecular weight is 542 g/mol. The van der Waals surface area contributed by atoms with Gasteiger partial charge in [0.2, 0.25) is 11.7 Å². The molecule has 4 heterocycles. The van der Waals surface area contributed by atoms with Crippen molar-refractivity contribution in [3.05, 3.63) is 70.9 Å². The van der Waals surface area contributed by atoms with Crippen molar-refractivity contribution in [3.63, 3.8) is 0 Å². The predicted octanol–water partition coefficient (Wildman–Crippen LogP) is 4.71. The van der Waals surface area contributed by atoms with Crippen LogP contribution in [0.4, 0.5) is 17.6 Å². The monoisotopic (exact) mass is 541 g/mol. The Morgan fingerprint density at radius 3 is 2.46 bits per heavy atom. The van der Waals surface area contributed by atoms with E-state index in [1.807, 2.05) is 0 Å². The van der Waals surface area contributed by atoms with Crippen molar-refractivity contribution in [2.24, 2.45) is 0 Å². The number of piperidine rings is 1. The van der Waals surface area contributed by atoms with Crippen LogP contribution in [-0.4, -0.2) is 54.0 Å². The molecule has 0 radical (unpaired) electrons. The number of hydrogen-bond acceptors (Lipinski definition) is 8. The molecule has 3 aromatic heterocycles. The minimum atomic E-state index is -4.72. The van der Waals surface area contributed by atoms with Gasteiger partial charge in [0, 0.05) is 25.2 Å². The van der Waals surface area contributed by atoms with Crippen LogP contribution in [0.25, 0.3) is 23.0 Å². The summed E-state index contributed by atoms with van der Waals surface area (Å²) in [6.07, 6.45) is -2.58. The highest BCUT2D eigenvalue weighted by atomic mass is 19.4. The van der Waals surface area contributed by atoms with Gasteiger partial charge in [0.05, 0.1) is 23.4 Å². The Bertz CT molecular complexity index is 1510. The van der Waals surface area contributed by atoms with Gasteiger partial charge in [-0.2, -0.15) is 13.2 Å². The standard InChI is InChI=1S/C26H23F4N7O2/c1-14-21(24-36-35-23(39-24)19-7-10-31-25(34-19)26(28,29)30)22(33-15(2)32-14)16-8-11-37(12-9-16)20(38)13-17-5-3-4-6-18(17)27/h3-7,10,16H,8-9,11-13H2,1-2H3. The summed E-state index contributed by atoms with van der Waals surface area (Å²) in [6.45, 7) is 4.43. The van der Waals surface area contributed by atoms with Crippen LogP contribution in [0.2, 0.25) is 0 Å². The Hall–Kier alpha value is -4.29. The fraction of sp³-hybridized carbons (Fsp3) is 0.346. The SMILES string of the molecule is Cc1nc(C)c(-c2nnc(-c3ccnc(C(F)(F)F)n3)o2)c(C2CCN(C(=O)Cc3ccccc3F)CC2)n1. The molecule has 0 atom stereocenters. The number of rotatable bonds is 5. The lowest BCUT2D eigenvalue weighted by atomic mass is 9.89. The molecule has 0 saturated carbocycles. The lowest BCUT2D eigenvalue weighted by Crippen LogP contribution is -2.39. The first kappa shape index (κ1) is 26.3. The number of carbonyl (C=O) groups is 1. The molecule has 0 spiro atoms. The zero-order chi connectivity index (χ0) is 27.7. The van der Waals surface area contributed by atoms with Crippen LogP contribution in [0.1, 0.15) is 47.4 Å². The van der Waals surface area contributed by atoms with Gasteiger partial charge in [-0.25, -0.2) is 24.3 Å². The molecule has 1 aliphatic heterocycles. The number of likely N-dealkylation sites (tertiary alicyclic amines) is 1. The molecule has 1 aliphatic rings. The van der Waals surface area contributed by atoms with Crippen LogP contribution in [-0.2, 0) is 17.4 Å². The minimum absolute atomic E-state index is 0.0157. The normalized spacial score (nSPS) is 14.6. The Morgan fingerprint density at radius 2 is 1.74 bits per heavy atom. The van der Waals surface area contributed by atoms with Gasteiger partial charge in [-0.3, -0.25) is 4.79 Å². The number of alkyl halides is 3. The number of halogens is 4. The topological polar surface area (TPSA) is 111 Å². The molecule has 0 bridgehead atoms. The van der Waals surface area contributed by atoms with Crippen LogP contribution < -0.4 is 0 Å². The Morgan fingerprint density at radius 1 is 1.03 bits per heavy atom. The Labute approximate surface area is 220 Å². The summed E-state index contributed by atoms with van der Waals surface area (Å²) < 4.78 is 58.9. The van der Waals surface area contributed by atoms with E-state index >= 15 is 0 Å². The minimum Gasteiger partial charge on any atom is -0.414 e. The molecular formula is C26H23F4N7O2. The number of aryl methyl sites for hydroxylation is 2. The van der Waals surface area contributed by atoms with Gasteiger partial charge in [-0.05, 0) is 44.4 Å². The van der Waals surface area contributed by atoms with Gasteiger partial charge >= 0.3 is 6.18 Å². The van der Waals surface area contributed by atoms with Crippen molar-refractivity contribution in [2.45, 2.75) is 45.2 Å². The fourth-order valence-electron chi connectivity index (χ4n) is 4.66. The summed E-state index contributed by atoms with van der Waals surface area (Å²) >= 11 is 0. The van der Waals surface area contributed by atoms with Crippen LogP contribution >= 0.6 is 0 Å². The van der Waals surface area contributed by atoms with Crippen LogP contribution in [0.5, 0.6) is 0 Å². The first-order valence-electron chi connectivity index (χ1n) is 12.2. The predicted molar refractivity (Wildman–Crippen MR) is 129 cm³/mol. The van der Waals surface area contributed by atoms with Crippen LogP contribution in [0, 0.1) is 19.7 Å². The molecule has 202 valence electrons. The van der Waals surface area contributed by atoms with E-state index in [-0.39, 0.29) is 35.7 Å². The summed E-state index contributed by atoms with van der Waals surface area (Å²) in [5.41, 5.74) is 1.93. The van der Waals surface area contributed by atoms with Crippen molar-refractivity contribution >= 4 is 5.91 Å². The first-order chi connectivity index (χ1) is 18.6. The van der Waals surface area contributed by atoms with Crippen LogP contribution in [0.15, 0.2) is 40.9 Å². The smallest absolute Gasteiger partial charge is 0.414 e. The van der Waals surface area contributed by atoms with E-state index in [1.54, 1.807) is 36.9 Å². The van der Waals surface area contributed by atoms with Gasteiger partial charge in [0.15, 0.2) is 0 Å². The maximum absolute atomic E-state index is 14.0. The summed E-state index contributed by atoms with van der Waals surface area (Å²) in [4.78, 5) is 30.3. The van der Waals surface area contributed by atoms with E-state index in [1.165, 1.54) is 12.1 Å². The third kappa shape index (κ3) is 5.61. The number of hydrogen-bond donors (Lipinski definition) is 0. The van der Waals surface area contributed by atoms with Crippen molar-refractivity contribution in [2.75, 3.05) is 13.1 Å².